The monoisotopic (exact) mass is 1100 g/mol. The first-order valence-electron chi connectivity index (χ1n) is 23.8. The summed E-state index contributed by atoms with van der Waals surface area (Å²) in [4.78, 5) is 75.6. The number of aromatic hydroxyl groups is 2. The highest BCUT2D eigenvalue weighted by atomic mass is 16.6. The van der Waals surface area contributed by atoms with E-state index in [1.165, 1.54) is 62.4 Å². The second kappa shape index (κ2) is 27.0. The van der Waals surface area contributed by atoms with Crippen molar-refractivity contribution in [1.29, 1.82) is 0 Å². The van der Waals surface area contributed by atoms with Gasteiger partial charge in [-0.2, -0.15) is 40.1 Å². The lowest BCUT2D eigenvalue weighted by molar-refractivity contribution is 0.0684. The van der Waals surface area contributed by atoms with Crippen LogP contribution in [0.25, 0.3) is 0 Å². The molecule has 4 heterocycles. The number of aliphatic hydroxyl groups is 4. The van der Waals surface area contributed by atoms with Crippen LogP contribution in [0.2, 0.25) is 0 Å². The smallest absolute Gasteiger partial charge is 0.335 e. The lowest BCUT2D eigenvalue weighted by Gasteiger charge is -2.14. The van der Waals surface area contributed by atoms with Crippen molar-refractivity contribution in [2.75, 3.05) is 84.9 Å². The molecule has 0 atom stereocenters. The molecule has 0 aliphatic heterocycles. The molecule has 0 fully saturated rings. The number of rotatable bonds is 28. The van der Waals surface area contributed by atoms with Gasteiger partial charge in [-0.15, -0.1) is 10.2 Å². The number of aromatic nitrogens is 8. The van der Waals surface area contributed by atoms with Crippen LogP contribution < -0.4 is 52.5 Å². The Morgan fingerprint density at radius 3 is 1.19 bits per heavy atom. The standard InChI is InChI=1S/C48H52N18O14/c1-25-15-35(71)65(39(73)37(25)63-61-31-17-27(41(75)76)19-33(21-31)79-23-69)11-7-49-43-55-45(51-9-13-67)59-47(57-43)53-29-3-5-30(6-4-29)54-48-58-44(56-46(60-48)52-10-14-68)50-8-12-66-36(72)16-26(2)38(40(66)74)64-62-32-18-28(42(77)78)20-34(22-32)80-24-70/h3-6,15-22,67-70,73-74H,7-14,23-24H2,1-2H3,(H,75,76)(H,77,78)(H3,49,51,53,55,57,59)(H3,50,52,54,56,58,60). The lowest BCUT2D eigenvalue weighted by atomic mass is 10.2. The quantitative estimate of drug-likeness (QED) is 0.0245. The van der Waals surface area contributed by atoms with E-state index in [1.54, 1.807) is 24.3 Å². The maximum absolute atomic E-state index is 13.0. The van der Waals surface area contributed by atoms with Crippen molar-refractivity contribution < 1.29 is 59.9 Å². The Morgan fingerprint density at radius 1 is 0.500 bits per heavy atom. The molecule has 3 aromatic carbocycles. The number of hydrogen-bond donors (Lipinski definition) is 14. The van der Waals surface area contributed by atoms with Gasteiger partial charge in [-0.3, -0.25) is 18.7 Å². The molecule has 0 amide bonds. The summed E-state index contributed by atoms with van der Waals surface area (Å²) < 4.78 is 12.1. The van der Waals surface area contributed by atoms with E-state index < -0.39 is 48.4 Å². The Morgan fingerprint density at radius 2 is 0.850 bits per heavy atom. The number of azo groups is 2. The number of pyridine rings is 2. The van der Waals surface area contributed by atoms with Gasteiger partial charge in [0.15, 0.2) is 13.6 Å². The molecule has 0 saturated carbocycles. The average Bonchev–Trinajstić information content (AvgIpc) is 3.42. The van der Waals surface area contributed by atoms with Crippen LogP contribution in [0.1, 0.15) is 31.8 Å². The van der Waals surface area contributed by atoms with Crippen LogP contribution in [0, 0.1) is 13.8 Å². The molecular weight excluding hydrogens is 1050 g/mol. The van der Waals surface area contributed by atoms with Crippen molar-refractivity contribution in [1.82, 2.24) is 39.0 Å². The Labute approximate surface area is 450 Å². The highest BCUT2D eigenvalue weighted by Gasteiger charge is 2.18. The second-order valence-corrected chi connectivity index (χ2v) is 16.6. The number of aryl methyl sites for hydroxylation is 2. The number of carbonyl (C=O) groups is 2. The van der Waals surface area contributed by atoms with E-state index in [2.05, 4.69) is 82.3 Å². The van der Waals surface area contributed by atoms with E-state index in [-0.39, 0.29) is 145 Å². The van der Waals surface area contributed by atoms with Crippen LogP contribution in [0.4, 0.5) is 69.8 Å². The fourth-order valence-electron chi connectivity index (χ4n) is 7.19. The number of aromatic carboxylic acids is 2. The van der Waals surface area contributed by atoms with E-state index in [1.807, 2.05) is 0 Å². The van der Waals surface area contributed by atoms with Crippen molar-refractivity contribution in [2.24, 2.45) is 20.5 Å². The summed E-state index contributed by atoms with van der Waals surface area (Å²) in [6.45, 7) is 1.11. The third kappa shape index (κ3) is 15.4. The molecule has 32 heteroatoms. The fourth-order valence-corrected chi connectivity index (χ4v) is 7.19. The molecule has 0 unspecified atom stereocenters. The molecule has 7 rings (SSSR count). The Kier molecular flexibility index (Phi) is 19.4. The summed E-state index contributed by atoms with van der Waals surface area (Å²) >= 11 is 0. The van der Waals surface area contributed by atoms with Crippen molar-refractivity contribution in [2.45, 2.75) is 26.9 Å². The highest BCUT2D eigenvalue weighted by molar-refractivity contribution is 5.90. The molecule has 0 aliphatic carbocycles. The van der Waals surface area contributed by atoms with Crippen molar-refractivity contribution in [3.63, 3.8) is 0 Å². The van der Waals surface area contributed by atoms with E-state index >= 15 is 0 Å². The first kappa shape index (κ1) is 57.3. The van der Waals surface area contributed by atoms with E-state index in [4.69, 9.17) is 19.7 Å². The molecule has 14 N–H and O–H groups in total. The number of nitrogens with zero attached hydrogens (tertiary/aromatic N) is 12. The van der Waals surface area contributed by atoms with Crippen LogP contribution in [0.3, 0.4) is 0 Å². The zero-order chi connectivity index (χ0) is 57.3. The summed E-state index contributed by atoms with van der Waals surface area (Å²) in [6.07, 6.45) is 0. The van der Waals surface area contributed by atoms with E-state index in [0.29, 0.717) is 11.4 Å². The molecule has 0 bridgehead atoms. The fraction of sp³-hybridized carbons (Fsp3) is 0.250. The SMILES string of the molecule is Cc1cc(=O)n(CCNc2nc(NCCO)nc(Nc3ccc(Nc4nc(NCCO)nc(NCCn5c(O)c(N=Nc6cc(OCO)cc(C(=O)O)c6)c(C)cc5=O)n4)cc3)n2)c(O)c1N=Nc1cc(OCO)cc(C(=O)O)c1. The largest absolute Gasteiger partial charge is 0.493 e. The summed E-state index contributed by atoms with van der Waals surface area (Å²) in [5.41, 5.74) is -0.00372. The first-order chi connectivity index (χ1) is 38.5. The predicted molar refractivity (Wildman–Crippen MR) is 286 cm³/mol. The summed E-state index contributed by atoms with van der Waals surface area (Å²) in [5, 5.41) is 113. The Bertz CT molecular complexity index is 3310. The molecule has 418 valence electrons. The number of nitrogens with one attached hydrogen (secondary N) is 6. The summed E-state index contributed by atoms with van der Waals surface area (Å²) in [6, 6.07) is 16.7. The zero-order valence-corrected chi connectivity index (χ0v) is 42.4. The average molecular weight is 1110 g/mol. The van der Waals surface area contributed by atoms with Gasteiger partial charge >= 0.3 is 11.9 Å². The molecule has 0 spiro atoms. The van der Waals surface area contributed by atoms with Crippen LogP contribution in [-0.4, -0.2) is 145 Å². The number of carboxylic acids is 2. The molecule has 32 nitrogen and oxygen atoms in total. The topological polar surface area (TPSA) is 457 Å². The number of carboxylic acid groups (broad SMARTS) is 2. The third-order valence-electron chi connectivity index (χ3n) is 10.9. The summed E-state index contributed by atoms with van der Waals surface area (Å²) in [7, 11) is 0. The van der Waals surface area contributed by atoms with Gasteiger partial charge in [0.25, 0.3) is 11.1 Å². The zero-order valence-electron chi connectivity index (χ0n) is 42.4. The minimum atomic E-state index is -1.28. The van der Waals surface area contributed by atoms with Gasteiger partial charge < -0.3 is 82.2 Å². The molecule has 0 radical (unpaired) electrons. The molecule has 0 saturated heterocycles. The van der Waals surface area contributed by atoms with Gasteiger partial charge in [0.05, 0.1) is 35.7 Å². The lowest BCUT2D eigenvalue weighted by Crippen LogP contribution is -2.24. The van der Waals surface area contributed by atoms with E-state index in [0.717, 1.165) is 9.13 Å². The second-order valence-electron chi connectivity index (χ2n) is 16.6. The maximum Gasteiger partial charge on any atom is 0.335 e. The summed E-state index contributed by atoms with van der Waals surface area (Å²) in [5.74, 6) is -3.18. The number of hydrogen-bond acceptors (Lipinski definition) is 28. The molecule has 7 aromatic rings. The van der Waals surface area contributed by atoms with Gasteiger partial charge in [-0.05, 0) is 73.5 Å². The van der Waals surface area contributed by atoms with Crippen LogP contribution in [0.5, 0.6) is 23.3 Å². The van der Waals surface area contributed by atoms with Crippen molar-refractivity contribution in [3.8, 4) is 23.3 Å². The first-order valence-corrected chi connectivity index (χ1v) is 23.8. The molecule has 0 aliphatic rings. The van der Waals surface area contributed by atoms with Gasteiger partial charge in [0.2, 0.25) is 47.5 Å². The molecule has 80 heavy (non-hydrogen) atoms. The minimum absolute atomic E-state index is 0.00308. The molecule has 4 aromatic heterocycles. The Balaban J connectivity index is 1.01. The van der Waals surface area contributed by atoms with Gasteiger partial charge in [0.1, 0.15) is 22.9 Å². The minimum Gasteiger partial charge on any atom is -0.493 e. The van der Waals surface area contributed by atoms with Crippen molar-refractivity contribution >= 4 is 81.8 Å². The van der Waals surface area contributed by atoms with Gasteiger partial charge in [-0.1, -0.05) is 0 Å². The van der Waals surface area contributed by atoms with Crippen LogP contribution in [-0.2, 0) is 13.1 Å². The van der Waals surface area contributed by atoms with Crippen LogP contribution >= 0.6 is 0 Å². The number of aliphatic hydroxyl groups excluding tert-OH is 4. The number of ether oxygens (including phenoxy) is 2. The van der Waals surface area contributed by atoms with Gasteiger partial charge in [-0.25, -0.2) is 9.59 Å². The highest BCUT2D eigenvalue weighted by Crippen LogP contribution is 2.34. The number of benzene rings is 3. The predicted octanol–water partition coefficient (Wildman–Crippen LogP) is 3.81. The third-order valence-corrected chi connectivity index (χ3v) is 10.9. The Hall–Kier alpha value is -10.4. The maximum atomic E-state index is 13.0. The van der Waals surface area contributed by atoms with E-state index in [9.17, 15) is 49.8 Å². The molecular formula is C48H52N18O14. The normalized spacial score (nSPS) is 11.2. The van der Waals surface area contributed by atoms with Crippen molar-refractivity contribution in [3.05, 3.63) is 116 Å². The van der Waals surface area contributed by atoms with Gasteiger partial charge in [0, 0.05) is 74.9 Å². The van der Waals surface area contributed by atoms with Crippen LogP contribution in [0.15, 0.2) is 103 Å². The number of anilines is 8.